The maximum absolute atomic E-state index is 12.5. The monoisotopic (exact) mass is 327 g/mol. The van der Waals surface area contributed by atoms with Crippen molar-refractivity contribution in [3.63, 3.8) is 0 Å². The van der Waals surface area contributed by atoms with Gasteiger partial charge in [0.1, 0.15) is 5.76 Å². The van der Waals surface area contributed by atoms with Crippen molar-refractivity contribution in [2.24, 2.45) is 5.92 Å². The summed E-state index contributed by atoms with van der Waals surface area (Å²) in [7, 11) is 0. The van der Waals surface area contributed by atoms with Crippen LogP contribution in [0.15, 0.2) is 45.6 Å². The minimum Gasteiger partial charge on any atom is -0.456 e. The highest BCUT2D eigenvalue weighted by molar-refractivity contribution is 5.91. The molecule has 0 spiro atoms. The van der Waals surface area contributed by atoms with Crippen LogP contribution in [-0.2, 0) is 13.0 Å². The SMILES string of the molecule is Cc1cc(=O)cc(C(=O)N2CCC(Cc3ccc(CO)cc3)C2)o1. The third kappa shape index (κ3) is 3.74. The summed E-state index contributed by atoms with van der Waals surface area (Å²) in [5.74, 6) is 0.748. The van der Waals surface area contributed by atoms with E-state index in [2.05, 4.69) is 0 Å². The molecule has 0 aliphatic carbocycles. The molecule has 1 amide bonds. The fourth-order valence-corrected chi connectivity index (χ4v) is 3.16. The van der Waals surface area contributed by atoms with Gasteiger partial charge in [0.15, 0.2) is 11.2 Å². The number of benzene rings is 1. The van der Waals surface area contributed by atoms with Crippen LogP contribution in [0.1, 0.15) is 33.9 Å². The van der Waals surface area contributed by atoms with E-state index in [0.29, 0.717) is 24.8 Å². The Morgan fingerprint density at radius 3 is 2.62 bits per heavy atom. The number of carbonyl (C=O) groups excluding carboxylic acids is 1. The molecule has 1 unspecified atom stereocenters. The molecular weight excluding hydrogens is 306 g/mol. The minimum absolute atomic E-state index is 0.0493. The molecule has 1 fully saturated rings. The molecule has 1 aliphatic rings. The quantitative estimate of drug-likeness (QED) is 0.934. The summed E-state index contributed by atoms with van der Waals surface area (Å²) >= 11 is 0. The molecule has 1 aromatic heterocycles. The van der Waals surface area contributed by atoms with Gasteiger partial charge in [-0.1, -0.05) is 24.3 Å². The van der Waals surface area contributed by atoms with Crippen LogP contribution in [-0.4, -0.2) is 29.0 Å². The molecule has 0 radical (unpaired) electrons. The number of aryl methyl sites for hydroxylation is 1. The second-order valence-electron chi connectivity index (χ2n) is 6.35. The van der Waals surface area contributed by atoms with Gasteiger partial charge < -0.3 is 14.4 Å². The molecule has 5 nitrogen and oxygen atoms in total. The van der Waals surface area contributed by atoms with Crippen LogP contribution in [0.5, 0.6) is 0 Å². The first-order chi connectivity index (χ1) is 11.5. The zero-order chi connectivity index (χ0) is 17.1. The lowest BCUT2D eigenvalue weighted by Crippen LogP contribution is -2.29. The van der Waals surface area contributed by atoms with Crippen molar-refractivity contribution in [2.45, 2.75) is 26.4 Å². The number of aliphatic hydroxyl groups is 1. The Hall–Kier alpha value is -2.40. The van der Waals surface area contributed by atoms with Gasteiger partial charge in [0, 0.05) is 25.2 Å². The van der Waals surface area contributed by atoms with E-state index >= 15 is 0 Å². The molecule has 1 aliphatic heterocycles. The summed E-state index contributed by atoms with van der Waals surface area (Å²) in [6.45, 7) is 3.06. The zero-order valence-corrected chi connectivity index (χ0v) is 13.7. The van der Waals surface area contributed by atoms with Gasteiger partial charge in [-0.2, -0.15) is 0 Å². The van der Waals surface area contributed by atoms with Gasteiger partial charge in [0.05, 0.1) is 6.61 Å². The molecule has 1 saturated heterocycles. The van der Waals surface area contributed by atoms with E-state index in [1.807, 2.05) is 24.3 Å². The van der Waals surface area contributed by atoms with Gasteiger partial charge in [0.2, 0.25) is 0 Å². The van der Waals surface area contributed by atoms with Crippen LogP contribution in [0.2, 0.25) is 0 Å². The first-order valence-corrected chi connectivity index (χ1v) is 8.15. The fraction of sp³-hybridized carbons (Fsp3) is 0.368. The first kappa shape index (κ1) is 16.5. The van der Waals surface area contributed by atoms with Crippen LogP contribution in [0, 0.1) is 12.8 Å². The van der Waals surface area contributed by atoms with E-state index in [1.54, 1.807) is 11.8 Å². The highest BCUT2D eigenvalue weighted by Gasteiger charge is 2.28. The summed E-state index contributed by atoms with van der Waals surface area (Å²) in [5, 5.41) is 9.08. The van der Waals surface area contributed by atoms with Crippen molar-refractivity contribution in [1.29, 1.82) is 0 Å². The topological polar surface area (TPSA) is 70.8 Å². The van der Waals surface area contributed by atoms with Crippen LogP contribution in [0.25, 0.3) is 0 Å². The Bertz CT molecular complexity index is 779. The van der Waals surface area contributed by atoms with Crippen LogP contribution < -0.4 is 5.43 Å². The van der Waals surface area contributed by atoms with Crippen molar-refractivity contribution in [3.8, 4) is 0 Å². The molecule has 5 heteroatoms. The second-order valence-corrected chi connectivity index (χ2v) is 6.35. The van der Waals surface area contributed by atoms with Gasteiger partial charge >= 0.3 is 0 Å². The summed E-state index contributed by atoms with van der Waals surface area (Å²) in [6.07, 6.45) is 1.83. The fourth-order valence-electron chi connectivity index (χ4n) is 3.16. The van der Waals surface area contributed by atoms with Gasteiger partial charge in [-0.25, -0.2) is 0 Å². The number of amides is 1. The number of nitrogens with zero attached hydrogens (tertiary/aromatic N) is 1. The highest BCUT2D eigenvalue weighted by Crippen LogP contribution is 2.22. The van der Waals surface area contributed by atoms with Crippen molar-refractivity contribution >= 4 is 5.91 Å². The lowest BCUT2D eigenvalue weighted by atomic mass is 9.98. The summed E-state index contributed by atoms with van der Waals surface area (Å²) in [4.78, 5) is 25.8. The third-order valence-electron chi connectivity index (χ3n) is 4.40. The third-order valence-corrected chi connectivity index (χ3v) is 4.40. The van der Waals surface area contributed by atoms with Gasteiger partial charge in [0.25, 0.3) is 5.91 Å². The molecule has 0 saturated carbocycles. The Morgan fingerprint density at radius 2 is 1.96 bits per heavy atom. The maximum atomic E-state index is 12.5. The lowest BCUT2D eigenvalue weighted by Gasteiger charge is -2.16. The number of likely N-dealkylation sites (tertiary alicyclic amines) is 1. The number of carbonyl (C=O) groups is 1. The molecule has 3 rings (SSSR count). The van der Waals surface area contributed by atoms with Gasteiger partial charge in [-0.3, -0.25) is 9.59 Å². The van der Waals surface area contributed by atoms with E-state index in [1.165, 1.54) is 17.7 Å². The van der Waals surface area contributed by atoms with Crippen molar-refractivity contribution in [1.82, 2.24) is 4.90 Å². The number of hydrogen-bond acceptors (Lipinski definition) is 4. The normalized spacial score (nSPS) is 17.2. The van der Waals surface area contributed by atoms with E-state index in [0.717, 1.165) is 18.4 Å². The molecular formula is C19H21NO4. The molecule has 1 N–H and O–H groups in total. The number of rotatable bonds is 4. The predicted molar refractivity (Wildman–Crippen MR) is 89.8 cm³/mol. The summed E-state index contributed by atoms with van der Waals surface area (Å²) < 4.78 is 5.40. The lowest BCUT2D eigenvalue weighted by molar-refractivity contribution is 0.0751. The Labute approximate surface area is 140 Å². The molecule has 0 bridgehead atoms. The Balaban J connectivity index is 1.63. The smallest absolute Gasteiger partial charge is 0.289 e. The standard InChI is InChI=1S/C19H21NO4/c1-13-8-17(22)10-18(24-13)19(23)20-7-6-16(11-20)9-14-2-4-15(12-21)5-3-14/h2-5,8,10,16,21H,6-7,9,11-12H2,1H3. The van der Waals surface area contributed by atoms with E-state index in [-0.39, 0.29) is 23.7 Å². The molecule has 2 heterocycles. The number of hydrogen-bond donors (Lipinski definition) is 1. The van der Waals surface area contributed by atoms with E-state index < -0.39 is 0 Å². The molecule has 126 valence electrons. The van der Waals surface area contributed by atoms with E-state index in [9.17, 15) is 9.59 Å². The van der Waals surface area contributed by atoms with Gasteiger partial charge in [-0.05, 0) is 36.8 Å². The predicted octanol–water partition coefficient (Wildman–Crippen LogP) is 2.15. The van der Waals surface area contributed by atoms with Crippen molar-refractivity contribution < 1.29 is 14.3 Å². The van der Waals surface area contributed by atoms with Crippen molar-refractivity contribution in [2.75, 3.05) is 13.1 Å². The van der Waals surface area contributed by atoms with Crippen LogP contribution in [0.4, 0.5) is 0 Å². The first-order valence-electron chi connectivity index (χ1n) is 8.15. The Kier molecular flexibility index (Phi) is 4.81. The minimum atomic E-state index is -0.214. The molecule has 24 heavy (non-hydrogen) atoms. The van der Waals surface area contributed by atoms with Crippen LogP contribution >= 0.6 is 0 Å². The molecule has 1 aromatic carbocycles. The number of aliphatic hydroxyl groups excluding tert-OH is 1. The molecule has 2 aromatic rings. The second kappa shape index (κ2) is 7.01. The highest BCUT2D eigenvalue weighted by atomic mass is 16.3. The summed E-state index contributed by atoms with van der Waals surface area (Å²) in [5.41, 5.74) is 1.90. The van der Waals surface area contributed by atoms with E-state index in [4.69, 9.17) is 9.52 Å². The average molecular weight is 327 g/mol. The maximum Gasteiger partial charge on any atom is 0.289 e. The van der Waals surface area contributed by atoms with Gasteiger partial charge in [-0.15, -0.1) is 0 Å². The Morgan fingerprint density at radius 1 is 1.25 bits per heavy atom. The summed E-state index contributed by atoms with van der Waals surface area (Å²) in [6, 6.07) is 10.5. The van der Waals surface area contributed by atoms with Crippen molar-refractivity contribution in [3.05, 3.63) is 69.3 Å². The van der Waals surface area contributed by atoms with Crippen LogP contribution in [0.3, 0.4) is 0 Å². The average Bonchev–Trinajstić information content (AvgIpc) is 3.02. The zero-order valence-electron chi connectivity index (χ0n) is 13.7. The largest absolute Gasteiger partial charge is 0.456 e. The molecule has 1 atom stereocenters.